The van der Waals surface area contributed by atoms with Crippen LogP contribution in [0.2, 0.25) is 10.3 Å². The average Bonchev–Trinajstić information content (AvgIpc) is 2.92. The van der Waals surface area contributed by atoms with Gasteiger partial charge in [0, 0.05) is 24.2 Å². The second-order valence-corrected chi connectivity index (χ2v) is 10.9. The Kier molecular flexibility index (Phi) is 8.39. The van der Waals surface area contributed by atoms with Gasteiger partial charge < -0.3 is 5.32 Å². The third-order valence-electron chi connectivity index (χ3n) is 6.71. The molecule has 9 heteroatoms. The summed E-state index contributed by atoms with van der Waals surface area (Å²) in [4.78, 5) is 23.9. The van der Waals surface area contributed by atoms with E-state index in [9.17, 15) is 9.18 Å². The number of benzene rings is 2. The Morgan fingerprint density at radius 1 is 1.00 bits per heavy atom. The van der Waals surface area contributed by atoms with Gasteiger partial charge in [-0.2, -0.15) is 0 Å². The van der Waals surface area contributed by atoms with Gasteiger partial charge in [0.25, 0.3) is 5.91 Å². The van der Waals surface area contributed by atoms with E-state index in [1.807, 2.05) is 0 Å². The molecule has 0 aliphatic carbocycles. The minimum Gasteiger partial charge on any atom is -0.320 e. The van der Waals surface area contributed by atoms with Gasteiger partial charge in [-0.25, -0.2) is 14.4 Å². The van der Waals surface area contributed by atoms with E-state index in [2.05, 4.69) is 60.4 Å². The fourth-order valence-corrected chi connectivity index (χ4v) is 5.33. The molecule has 0 atom stereocenters. The van der Waals surface area contributed by atoms with Crippen molar-refractivity contribution >= 4 is 50.7 Å². The van der Waals surface area contributed by atoms with Crippen LogP contribution in [0.15, 0.2) is 77.4 Å². The van der Waals surface area contributed by atoms with Crippen molar-refractivity contribution in [3.63, 3.8) is 0 Å². The molecule has 1 aliphatic heterocycles. The first-order chi connectivity index (χ1) is 18.4. The van der Waals surface area contributed by atoms with Gasteiger partial charge in [-0.1, -0.05) is 59.6 Å². The number of pyridine rings is 2. The molecule has 0 radical (unpaired) electrons. The van der Waals surface area contributed by atoms with Crippen LogP contribution in [0, 0.1) is 5.82 Å². The Morgan fingerprint density at radius 2 is 1.66 bits per heavy atom. The van der Waals surface area contributed by atoms with Gasteiger partial charge in [0.1, 0.15) is 16.1 Å². The van der Waals surface area contributed by atoms with Crippen molar-refractivity contribution in [2.24, 2.45) is 0 Å². The highest BCUT2D eigenvalue weighted by Gasteiger charge is 2.26. The molecule has 5 nitrogen and oxygen atoms in total. The van der Waals surface area contributed by atoms with Gasteiger partial charge in [-0.15, -0.1) is 0 Å². The van der Waals surface area contributed by atoms with Crippen molar-refractivity contribution in [3.05, 3.63) is 110 Å². The zero-order chi connectivity index (χ0) is 26.6. The van der Waals surface area contributed by atoms with Crippen molar-refractivity contribution in [3.8, 4) is 11.1 Å². The molecular weight excluding hydrogens is 590 g/mol. The number of aromatic nitrogens is 2. The van der Waals surface area contributed by atoms with E-state index in [0.717, 1.165) is 49.3 Å². The van der Waals surface area contributed by atoms with Crippen LogP contribution in [0.4, 0.5) is 10.1 Å². The number of likely N-dealkylation sites (tertiary alicyclic amines) is 1. The second kappa shape index (κ2) is 11.9. The number of carbonyl (C=O) groups is 1. The minimum absolute atomic E-state index is 0.161. The first-order valence-electron chi connectivity index (χ1n) is 12.2. The van der Waals surface area contributed by atoms with E-state index in [0.29, 0.717) is 20.9 Å². The number of nitrogens with one attached hydrogen (secondary N) is 1. The molecule has 2 aromatic carbocycles. The number of nitrogens with zero attached hydrogens (tertiary/aromatic N) is 3. The number of rotatable bonds is 6. The highest BCUT2D eigenvalue weighted by Crippen LogP contribution is 2.36. The van der Waals surface area contributed by atoms with E-state index in [1.54, 1.807) is 24.3 Å². The number of halogens is 4. The third kappa shape index (κ3) is 6.41. The topological polar surface area (TPSA) is 58.1 Å². The fraction of sp³-hybridized carbons (Fsp3) is 0.207. The number of hydrogen-bond donors (Lipinski definition) is 1. The Balaban J connectivity index is 1.24. The summed E-state index contributed by atoms with van der Waals surface area (Å²) >= 11 is 15.7. The molecule has 1 aliphatic rings. The number of piperidine rings is 1. The molecular formula is C29H24BrCl2FN4O. The summed E-state index contributed by atoms with van der Waals surface area (Å²) < 4.78 is 13.8. The predicted molar refractivity (Wildman–Crippen MR) is 153 cm³/mol. The van der Waals surface area contributed by atoms with Crippen molar-refractivity contribution in [2.75, 3.05) is 18.4 Å². The highest BCUT2D eigenvalue weighted by atomic mass is 79.9. The first-order valence-corrected chi connectivity index (χ1v) is 13.8. The van der Waals surface area contributed by atoms with E-state index in [4.69, 9.17) is 23.2 Å². The van der Waals surface area contributed by atoms with Crippen molar-refractivity contribution in [1.82, 2.24) is 14.9 Å². The maximum Gasteiger partial charge on any atom is 0.255 e. The Morgan fingerprint density at radius 3 is 2.32 bits per heavy atom. The number of amides is 1. The zero-order valence-electron chi connectivity index (χ0n) is 20.3. The number of anilines is 1. The van der Waals surface area contributed by atoms with Gasteiger partial charge >= 0.3 is 0 Å². The van der Waals surface area contributed by atoms with E-state index < -0.39 is 0 Å². The lowest BCUT2D eigenvalue weighted by molar-refractivity contribution is 0.102. The molecule has 38 heavy (non-hydrogen) atoms. The summed E-state index contributed by atoms with van der Waals surface area (Å²) in [5.74, 6) is -0.357. The molecule has 0 spiro atoms. The maximum absolute atomic E-state index is 13.2. The first kappa shape index (κ1) is 26.8. The van der Waals surface area contributed by atoms with Crippen molar-refractivity contribution in [2.45, 2.75) is 25.3 Å². The summed E-state index contributed by atoms with van der Waals surface area (Å²) in [6, 6.07) is 19.9. The summed E-state index contributed by atoms with van der Waals surface area (Å²) in [7, 11) is 0. The van der Waals surface area contributed by atoms with Crippen LogP contribution >= 0.6 is 39.1 Å². The summed E-state index contributed by atoms with van der Waals surface area (Å²) in [6.07, 6.45) is 3.28. The van der Waals surface area contributed by atoms with Crippen LogP contribution in [0.3, 0.4) is 0 Å². The lowest BCUT2D eigenvalue weighted by atomic mass is 9.91. The molecule has 4 aromatic rings. The molecule has 5 rings (SSSR count). The van der Waals surface area contributed by atoms with E-state index >= 15 is 0 Å². The van der Waals surface area contributed by atoms with E-state index in [1.165, 1.54) is 30.0 Å². The molecule has 3 heterocycles. The van der Waals surface area contributed by atoms with Crippen LogP contribution in [0.1, 0.15) is 40.4 Å². The molecule has 1 amide bonds. The molecule has 194 valence electrons. The zero-order valence-corrected chi connectivity index (χ0v) is 23.4. The Bertz CT molecular complexity index is 1440. The Labute approximate surface area is 239 Å². The van der Waals surface area contributed by atoms with Crippen LogP contribution < -0.4 is 5.32 Å². The summed E-state index contributed by atoms with van der Waals surface area (Å²) in [5, 5.41) is 3.61. The number of carbonyl (C=O) groups excluding carboxylic acids is 1. The monoisotopic (exact) mass is 612 g/mol. The van der Waals surface area contributed by atoms with Crippen molar-refractivity contribution < 1.29 is 9.18 Å². The van der Waals surface area contributed by atoms with Crippen LogP contribution in [-0.4, -0.2) is 33.9 Å². The smallest absolute Gasteiger partial charge is 0.255 e. The molecule has 0 saturated carbocycles. The lowest BCUT2D eigenvalue weighted by Crippen LogP contribution is -2.33. The van der Waals surface area contributed by atoms with Gasteiger partial charge in [-0.05, 0) is 88.9 Å². The predicted octanol–water partition coefficient (Wildman–Crippen LogP) is 7.98. The molecule has 2 aromatic heterocycles. The molecule has 1 N–H and O–H groups in total. The van der Waals surface area contributed by atoms with E-state index in [-0.39, 0.29) is 22.8 Å². The third-order valence-corrected chi connectivity index (χ3v) is 8.04. The minimum atomic E-state index is -0.284. The molecule has 1 fully saturated rings. The van der Waals surface area contributed by atoms with Crippen molar-refractivity contribution in [1.29, 1.82) is 0 Å². The van der Waals surface area contributed by atoms with Gasteiger partial charge in [-0.3, -0.25) is 9.69 Å². The van der Waals surface area contributed by atoms with Crippen LogP contribution in [0.5, 0.6) is 0 Å². The van der Waals surface area contributed by atoms with Crippen LogP contribution in [-0.2, 0) is 6.54 Å². The number of hydrogen-bond acceptors (Lipinski definition) is 4. The lowest BCUT2D eigenvalue weighted by Gasteiger charge is -2.32. The van der Waals surface area contributed by atoms with Gasteiger partial charge in [0.2, 0.25) is 0 Å². The average molecular weight is 614 g/mol. The van der Waals surface area contributed by atoms with Crippen LogP contribution in [0.25, 0.3) is 11.1 Å². The maximum atomic E-state index is 13.2. The standard InChI is InChI=1S/C29H24BrCl2FN4O/c30-24-16-25(35-29(38)22-9-12-34-26(31)15-22)27(36-28(24)32)21-10-13-37(14-11-21)17-18-1-3-19(4-2-18)20-5-7-23(33)8-6-20/h1-9,12,15-16,21H,10-11,13-14,17H2,(H,35,38). The normalized spacial score (nSPS) is 14.4. The Hall–Kier alpha value is -2.84. The molecule has 0 bridgehead atoms. The second-order valence-electron chi connectivity index (χ2n) is 9.27. The SMILES string of the molecule is O=C(Nc1cc(Br)c(Cl)nc1C1CCN(Cc2ccc(-c3ccc(F)cc3)cc2)CC1)c1ccnc(Cl)c1. The summed E-state index contributed by atoms with van der Waals surface area (Å²) in [6.45, 7) is 2.64. The highest BCUT2D eigenvalue weighted by molar-refractivity contribution is 9.10. The quantitative estimate of drug-likeness (QED) is 0.224. The molecule has 1 saturated heterocycles. The largest absolute Gasteiger partial charge is 0.320 e. The summed E-state index contributed by atoms with van der Waals surface area (Å²) in [5.41, 5.74) is 5.12. The molecule has 0 unspecified atom stereocenters. The fourth-order valence-electron chi connectivity index (χ4n) is 4.70. The van der Waals surface area contributed by atoms with Gasteiger partial charge in [0.05, 0.1) is 15.9 Å². The van der Waals surface area contributed by atoms with Gasteiger partial charge in [0.15, 0.2) is 0 Å².